The lowest BCUT2D eigenvalue weighted by molar-refractivity contribution is 0.102. The van der Waals surface area contributed by atoms with E-state index >= 15 is 0 Å². The van der Waals surface area contributed by atoms with Gasteiger partial charge in [0.2, 0.25) is 6.79 Å². The summed E-state index contributed by atoms with van der Waals surface area (Å²) in [5.74, 6) is 0.864. The third kappa shape index (κ3) is 3.47. The fourth-order valence-corrected chi connectivity index (χ4v) is 4.20. The Hall–Kier alpha value is -2.51. The number of anilines is 1. The highest BCUT2D eigenvalue weighted by molar-refractivity contribution is 8.01. The van der Waals surface area contributed by atoms with Crippen molar-refractivity contribution in [3.8, 4) is 11.5 Å². The summed E-state index contributed by atoms with van der Waals surface area (Å²) in [5, 5.41) is 4.92. The number of thiazole rings is 1. The van der Waals surface area contributed by atoms with Crippen molar-refractivity contribution in [1.82, 2.24) is 4.98 Å². The summed E-state index contributed by atoms with van der Waals surface area (Å²) >= 11 is 3.23. The normalized spacial score (nSPS) is 12.2. The Labute approximate surface area is 153 Å². The zero-order chi connectivity index (χ0) is 17.2. The van der Waals surface area contributed by atoms with Crippen LogP contribution >= 0.6 is 23.1 Å². The molecule has 0 atom stereocenters. The van der Waals surface area contributed by atoms with E-state index in [1.807, 2.05) is 36.6 Å². The summed E-state index contributed by atoms with van der Waals surface area (Å²) in [5.41, 5.74) is 2.21. The number of hydrogen-bond donors (Lipinski definition) is 1. The molecule has 1 aliphatic rings. The van der Waals surface area contributed by atoms with Crippen molar-refractivity contribution in [2.45, 2.75) is 16.2 Å². The molecule has 0 fully saturated rings. The molecule has 1 amide bonds. The van der Waals surface area contributed by atoms with Crippen molar-refractivity contribution < 1.29 is 14.3 Å². The van der Waals surface area contributed by atoms with Crippen LogP contribution in [-0.4, -0.2) is 17.7 Å². The lowest BCUT2D eigenvalue weighted by Gasteiger charge is -2.08. The maximum Gasteiger partial charge on any atom is 0.259 e. The number of nitrogens with one attached hydrogen (secondary N) is 1. The number of rotatable bonds is 4. The van der Waals surface area contributed by atoms with Crippen LogP contribution in [0.1, 0.15) is 16.1 Å². The van der Waals surface area contributed by atoms with Gasteiger partial charge in [-0.25, -0.2) is 4.98 Å². The Bertz CT molecular complexity index is 922. The van der Waals surface area contributed by atoms with Crippen molar-refractivity contribution in [3.63, 3.8) is 0 Å². The number of para-hydroxylation sites is 1. The Morgan fingerprint density at radius 1 is 1.20 bits per heavy atom. The summed E-state index contributed by atoms with van der Waals surface area (Å²) < 4.78 is 11.7. The molecule has 1 N–H and O–H groups in total. The third-order valence-corrected chi connectivity index (χ3v) is 5.62. The Morgan fingerprint density at radius 2 is 2.04 bits per heavy atom. The van der Waals surface area contributed by atoms with Gasteiger partial charge in [-0.1, -0.05) is 17.8 Å². The van der Waals surface area contributed by atoms with Crippen LogP contribution in [-0.2, 0) is 0 Å². The summed E-state index contributed by atoms with van der Waals surface area (Å²) in [4.78, 5) is 18.0. The SMILES string of the molecule is Cc1csc(Sc2ccc(NC(=O)c3cccc4c3OCO4)cc2)n1. The molecule has 0 aliphatic carbocycles. The van der Waals surface area contributed by atoms with Crippen molar-refractivity contribution in [2.24, 2.45) is 0 Å². The van der Waals surface area contributed by atoms with E-state index in [0.29, 0.717) is 17.1 Å². The number of fused-ring (bicyclic) bond motifs is 1. The van der Waals surface area contributed by atoms with Gasteiger partial charge in [0.1, 0.15) is 0 Å². The number of aromatic nitrogens is 1. The van der Waals surface area contributed by atoms with E-state index in [0.717, 1.165) is 20.6 Å². The number of ether oxygens (including phenoxy) is 2. The van der Waals surface area contributed by atoms with Crippen LogP contribution in [0.2, 0.25) is 0 Å². The molecule has 1 aromatic heterocycles. The fourth-order valence-electron chi connectivity index (χ4n) is 2.39. The third-order valence-electron chi connectivity index (χ3n) is 3.56. The van der Waals surface area contributed by atoms with E-state index in [1.54, 1.807) is 41.3 Å². The van der Waals surface area contributed by atoms with Gasteiger partial charge in [-0.15, -0.1) is 11.3 Å². The molecule has 2 aromatic carbocycles. The van der Waals surface area contributed by atoms with Gasteiger partial charge in [-0.2, -0.15) is 0 Å². The number of carbonyl (C=O) groups excluding carboxylic acids is 1. The fraction of sp³-hybridized carbons (Fsp3) is 0.111. The molecular weight excluding hydrogens is 356 g/mol. The molecule has 0 saturated heterocycles. The minimum absolute atomic E-state index is 0.141. The van der Waals surface area contributed by atoms with Crippen molar-refractivity contribution >= 4 is 34.7 Å². The number of nitrogens with zero attached hydrogens (tertiary/aromatic N) is 1. The van der Waals surface area contributed by atoms with Crippen molar-refractivity contribution in [2.75, 3.05) is 12.1 Å². The molecule has 0 radical (unpaired) electrons. The Balaban J connectivity index is 1.46. The second-order valence-corrected chi connectivity index (χ2v) is 7.55. The van der Waals surface area contributed by atoms with E-state index in [9.17, 15) is 4.79 Å². The second-order valence-electron chi connectivity index (χ2n) is 5.37. The molecule has 5 nitrogen and oxygen atoms in total. The van der Waals surface area contributed by atoms with E-state index < -0.39 is 0 Å². The summed E-state index contributed by atoms with van der Waals surface area (Å²) in [6.07, 6.45) is 0. The van der Waals surface area contributed by atoms with Gasteiger partial charge < -0.3 is 14.8 Å². The van der Waals surface area contributed by atoms with E-state index in [4.69, 9.17) is 9.47 Å². The Morgan fingerprint density at radius 3 is 2.80 bits per heavy atom. The predicted molar refractivity (Wildman–Crippen MR) is 97.9 cm³/mol. The van der Waals surface area contributed by atoms with Gasteiger partial charge >= 0.3 is 0 Å². The standard InChI is InChI=1S/C18H14N2O3S2/c1-11-9-24-18(19-11)25-13-7-5-12(6-8-13)20-17(21)14-3-2-4-15-16(14)23-10-22-15/h2-9H,10H2,1H3,(H,20,21). The lowest BCUT2D eigenvalue weighted by Crippen LogP contribution is -2.12. The quantitative estimate of drug-likeness (QED) is 0.728. The van der Waals surface area contributed by atoms with Crippen molar-refractivity contribution in [1.29, 1.82) is 0 Å². The highest BCUT2D eigenvalue weighted by Gasteiger charge is 2.21. The van der Waals surface area contributed by atoms with Crippen LogP contribution in [0.3, 0.4) is 0 Å². The van der Waals surface area contributed by atoms with Crippen LogP contribution in [0.15, 0.2) is 57.1 Å². The number of benzene rings is 2. The molecule has 7 heteroatoms. The zero-order valence-electron chi connectivity index (χ0n) is 13.3. The maximum absolute atomic E-state index is 12.5. The predicted octanol–water partition coefficient (Wildman–Crippen LogP) is 4.58. The van der Waals surface area contributed by atoms with E-state index in [1.165, 1.54) is 0 Å². The molecule has 0 spiro atoms. The average Bonchev–Trinajstić information content (AvgIpc) is 3.25. The zero-order valence-corrected chi connectivity index (χ0v) is 14.9. The molecule has 1 aliphatic heterocycles. The van der Waals surface area contributed by atoms with Crippen LogP contribution in [0.4, 0.5) is 5.69 Å². The van der Waals surface area contributed by atoms with Crippen molar-refractivity contribution in [3.05, 3.63) is 59.1 Å². The molecule has 4 rings (SSSR count). The van der Waals surface area contributed by atoms with Crippen LogP contribution < -0.4 is 14.8 Å². The minimum Gasteiger partial charge on any atom is -0.454 e. The first kappa shape index (κ1) is 16.0. The molecule has 0 bridgehead atoms. The molecule has 2 heterocycles. The molecular formula is C18H14N2O3S2. The minimum atomic E-state index is -0.224. The smallest absolute Gasteiger partial charge is 0.259 e. The van der Waals surface area contributed by atoms with Gasteiger partial charge in [0.05, 0.1) is 5.56 Å². The lowest BCUT2D eigenvalue weighted by atomic mass is 10.1. The molecule has 126 valence electrons. The molecule has 0 saturated carbocycles. The first-order valence-electron chi connectivity index (χ1n) is 7.59. The number of aryl methyl sites for hydroxylation is 1. The first-order chi connectivity index (χ1) is 12.2. The summed E-state index contributed by atoms with van der Waals surface area (Å²) in [7, 11) is 0. The summed E-state index contributed by atoms with van der Waals surface area (Å²) in [6, 6.07) is 13.0. The maximum atomic E-state index is 12.5. The number of hydrogen-bond acceptors (Lipinski definition) is 6. The molecule has 3 aromatic rings. The average molecular weight is 370 g/mol. The van der Waals surface area contributed by atoms with Gasteiger partial charge in [-0.3, -0.25) is 4.79 Å². The number of amides is 1. The first-order valence-corrected chi connectivity index (χ1v) is 9.29. The number of carbonyl (C=O) groups is 1. The highest BCUT2D eigenvalue weighted by atomic mass is 32.2. The molecule has 0 unspecified atom stereocenters. The van der Waals surface area contributed by atoms with E-state index in [-0.39, 0.29) is 12.7 Å². The monoisotopic (exact) mass is 370 g/mol. The second kappa shape index (κ2) is 6.78. The van der Waals surface area contributed by atoms with Crippen LogP contribution in [0.25, 0.3) is 0 Å². The molecule has 25 heavy (non-hydrogen) atoms. The van der Waals surface area contributed by atoms with Gasteiger partial charge in [0, 0.05) is 21.7 Å². The van der Waals surface area contributed by atoms with Gasteiger partial charge in [0.25, 0.3) is 5.91 Å². The van der Waals surface area contributed by atoms with Crippen LogP contribution in [0.5, 0.6) is 11.5 Å². The van der Waals surface area contributed by atoms with Gasteiger partial charge in [-0.05, 0) is 43.3 Å². The van der Waals surface area contributed by atoms with E-state index in [2.05, 4.69) is 10.3 Å². The summed E-state index contributed by atoms with van der Waals surface area (Å²) in [6.45, 7) is 2.12. The largest absolute Gasteiger partial charge is 0.454 e. The van der Waals surface area contributed by atoms with Gasteiger partial charge in [0.15, 0.2) is 15.8 Å². The van der Waals surface area contributed by atoms with Crippen LogP contribution in [0, 0.1) is 6.92 Å². The highest BCUT2D eigenvalue weighted by Crippen LogP contribution is 2.36. The topological polar surface area (TPSA) is 60.5 Å². The Kier molecular flexibility index (Phi) is 4.33.